The van der Waals surface area contributed by atoms with E-state index in [1.165, 1.54) is 0 Å². The van der Waals surface area contributed by atoms with Crippen molar-refractivity contribution in [2.45, 2.75) is 36.8 Å². The lowest BCUT2D eigenvalue weighted by atomic mass is 10.2. The third-order valence-electron chi connectivity index (χ3n) is 3.84. The predicted molar refractivity (Wildman–Crippen MR) is 81.7 cm³/mol. The molecule has 5 nitrogen and oxygen atoms in total. The minimum Gasteiger partial charge on any atom is -0.342 e. The lowest BCUT2D eigenvalue weighted by Crippen LogP contribution is -2.40. The average Bonchev–Trinajstić information content (AvgIpc) is 2.81. The van der Waals surface area contributed by atoms with Gasteiger partial charge in [-0.1, -0.05) is 18.9 Å². The normalized spacial score (nSPS) is 16.7. The Morgan fingerprint density at radius 3 is 2.33 bits per heavy atom. The number of likely N-dealkylation sites (tertiary alicyclic amines) is 1. The Morgan fingerprint density at radius 2 is 1.75 bits per heavy atom. The van der Waals surface area contributed by atoms with Crippen LogP contribution in [-0.4, -0.2) is 38.9 Å². The van der Waals surface area contributed by atoms with Crippen LogP contribution >= 0.6 is 0 Å². The van der Waals surface area contributed by atoms with Crippen LogP contribution in [0.4, 0.5) is 13.2 Å². The van der Waals surface area contributed by atoms with E-state index >= 15 is 0 Å². The smallest absolute Gasteiger partial charge is 0.342 e. The number of carbonyl (C=O) groups is 1. The van der Waals surface area contributed by atoms with Gasteiger partial charge in [0.25, 0.3) is 0 Å². The number of sulfonamides is 1. The first-order valence-electron chi connectivity index (χ1n) is 7.65. The lowest BCUT2D eigenvalue weighted by Gasteiger charge is -2.20. The highest BCUT2D eigenvalue weighted by Crippen LogP contribution is 2.30. The molecule has 0 saturated carbocycles. The zero-order chi connectivity index (χ0) is 17.8. The number of amides is 1. The number of nitrogens with zero attached hydrogens (tertiary/aromatic N) is 1. The van der Waals surface area contributed by atoms with Crippen molar-refractivity contribution < 1.29 is 26.4 Å². The Labute approximate surface area is 138 Å². The third-order valence-corrected chi connectivity index (χ3v) is 5.24. The molecule has 1 aromatic carbocycles. The molecule has 0 aromatic heterocycles. The molecule has 1 aliphatic rings. The van der Waals surface area contributed by atoms with Gasteiger partial charge in [0.05, 0.1) is 17.0 Å². The molecular weight excluding hydrogens is 345 g/mol. The second-order valence-electron chi connectivity index (χ2n) is 5.65. The molecule has 24 heavy (non-hydrogen) atoms. The van der Waals surface area contributed by atoms with Gasteiger partial charge in [0.15, 0.2) is 0 Å². The molecular formula is C15H19F3N2O3S. The number of rotatable bonds is 4. The van der Waals surface area contributed by atoms with Crippen LogP contribution in [0.1, 0.15) is 31.2 Å². The minimum absolute atomic E-state index is 0.368. The Bertz CT molecular complexity index is 681. The number of halogens is 3. The molecule has 134 valence electrons. The molecule has 1 amide bonds. The van der Waals surface area contributed by atoms with Gasteiger partial charge in [-0.3, -0.25) is 4.79 Å². The number of nitrogens with one attached hydrogen (secondary N) is 1. The first kappa shape index (κ1) is 18.7. The van der Waals surface area contributed by atoms with Crippen molar-refractivity contribution in [1.29, 1.82) is 0 Å². The summed E-state index contributed by atoms with van der Waals surface area (Å²) in [7, 11) is -4.18. The molecule has 1 heterocycles. The van der Waals surface area contributed by atoms with E-state index in [0.29, 0.717) is 19.2 Å². The molecule has 9 heteroatoms. The summed E-state index contributed by atoms with van der Waals surface area (Å²) in [6.45, 7) is 0.687. The lowest BCUT2D eigenvalue weighted by molar-refractivity contribution is -0.137. The Kier molecular flexibility index (Phi) is 5.87. The van der Waals surface area contributed by atoms with E-state index in [9.17, 15) is 26.4 Å². The van der Waals surface area contributed by atoms with Gasteiger partial charge in [0.1, 0.15) is 0 Å². The van der Waals surface area contributed by atoms with Crippen LogP contribution in [-0.2, 0) is 21.0 Å². The van der Waals surface area contributed by atoms with Gasteiger partial charge in [0, 0.05) is 13.1 Å². The summed E-state index contributed by atoms with van der Waals surface area (Å²) < 4.78 is 64.3. The van der Waals surface area contributed by atoms with Crippen molar-refractivity contribution in [2.75, 3.05) is 19.6 Å². The summed E-state index contributed by atoms with van der Waals surface area (Å²) >= 11 is 0. The van der Waals surface area contributed by atoms with E-state index in [0.717, 1.165) is 43.9 Å². The highest BCUT2D eigenvalue weighted by molar-refractivity contribution is 7.89. The number of benzene rings is 1. The van der Waals surface area contributed by atoms with E-state index in [-0.39, 0.29) is 5.91 Å². The van der Waals surface area contributed by atoms with Crippen molar-refractivity contribution in [3.8, 4) is 0 Å². The van der Waals surface area contributed by atoms with E-state index < -0.39 is 33.2 Å². The summed E-state index contributed by atoms with van der Waals surface area (Å²) in [5.74, 6) is -0.368. The molecule has 0 bridgehead atoms. The number of hydrogen-bond donors (Lipinski definition) is 1. The van der Waals surface area contributed by atoms with Gasteiger partial charge >= 0.3 is 6.18 Å². The molecule has 0 spiro atoms. The van der Waals surface area contributed by atoms with Gasteiger partial charge in [-0.05, 0) is 31.0 Å². The third kappa shape index (κ3) is 4.94. The molecule has 1 N–H and O–H groups in total. The number of carbonyl (C=O) groups excluding carboxylic acids is 1. The molecule has 0 unspecified atom stereocenters. The Hall–Kier alpha value is -1.61. The summed E-state index contributed by atoms with van der Waals surface area (Å²) in [6.07, 6.45) is -0.842. The van der Waals surface area contributed by atoms with Crippen molar-refractivity contribution in [3.05, 3.63) is 29.8 Å². The quantitative estimate of drug-likeness (QED) is 0.892. The van der Waals surface area contributed by atoms with Gasteiger partial charge < -0.3 is 4.90 Å². The fourth-order valence-corrected chi connectivity index (χ4v) is 3.53. The Balaban J connectivity index is 2.04. The number of hydrogen-bond acceptors (Lipinski definition) is 3. The maximum atomic E-state index is 12.7. The van der Waals surface area contributed by atoms with Crippen molar-refractivity contribution in [1.82, 2.24) is 9.62 Å². The number of alkyl halides is 3. The molecule has 1 aliphatic heterocycles. The van der Waals surface area contributed by atoms with Crippen LogP contribution in [0.2, 0.25) is 0 Å². The predicted octanol–water partition coefficient (Wildman–Crippen LogP) is 2.39. The van der Waals surface area contributed by atoms with E-state index in [1.807, 2.05) is 0 Å². The summed E-state index contributed by atoms with van der Waals surface area (Å²) in [6, 6.07) is 3.43. The second-order valence-corrected chi connectivity index (χ2v) is 7.41. The monoisotopic (exact) mass is 364 g/mol. The van der Waals surface area contributed by atoms with Crippen LogP contribution in [0.25, 0.3) is 0 Å². The van der Waals surface area contributed by atoms with Crippen molar-refractivity contribution in [2.24, 2.45) is 0 Å². The fourth-order valence-electron chi connectivity index (χ4n) is 2.51. The van der Waals surface area contributed by atoms with E-state index in [2.05, 4.69) is 4.72 Å². The Morgan fingerprint density at radius 1 is 1.12 bits per heavy atom. The van der Waals surface area contributed by atoms with Crippen molar-refractivity contribution >= 4 is 15.9 Å². The highest BCUT2D eigenvalue weighted by atomic mass is 32.2. The minimum atomic E-state index is -4.63. The van der Waals surface area contributed by atoms with Crippen LogP contribution in [0.5, 0.6) is 0 Å². The second kappa shape index (κ2) is 7.52. The van der Waals surface area contributed by atoms with Crippen LogP contribution in [0, 0.1) is 0 Å². The van der Waals surface area contributed by atoms with Crippen LogP contribution in [0.3, 0.4) is 0 Å². The highest BCUT2D eigenvalue weighted by Gasteiger charge is 2.31. The average molecular weight is 364 g/mol. The standard InChI is InChI=1S/C15H19F3N2O3S/c16-15(17,18)12-6-5-7-13(10-12)24(22,23)19-11-14(21)20-8-3-1-2-4-9-20/h5-7,10,19H,1-4,8-9,11H2. The van der Waals surface area contributed by atoms with Gasteiger partial charge in [0.2, 0.25) is 15.9 Å². The molecule has 2 rings (SSSR count). The molecule has 0 aliphatic carbocycles. The SMILES string of the molecule is O=C(CNS(=O)(=O)c1cccc(C(F)(F)F)c1)N1CCCCCC1. The molecule has 1 aromatic rings. The van der Waals surface area contributed by atoms with Gasteiger partial charge in [-0.25, -0.2) is 13.1 Å². The first-order chi connectivity index (χ1) is 11.2. The zero-order valence-corrected chi connectivity index (χ0v) is 13.8. The maximum absolute atomic E-state index is 12.7. The summed E-state index contributed by atoms with van der Waals surface area (Å²) in [5.41, 5.74) is -1.05. The molecule has 0 atom stereocenters. The largest absolute Gasteiger partial charge is 0.416 e. The van der Waals surface area contributed by atoms with Crippen molar-refractivity contribution in [3.63, 3.8) is 0 Å². The van der Waals surface area contributed by atoms with E-state index in [1.54, 1.807) is 4.90 Å². The molecule has 1 saturated heterocycles. The summed E-state index contributed by atoms with van der Waals surface area (Å²) in [5, 5.41) is 0. The van der Waals surface area contributed by atoms with Gasteiger partial charge in [-0.15, -0.1) is 0 Å². The fraction of sp³-hybridized carbons (Fsp3) is 0.533. The first-order valence-corrected chi connectivity index (χ1v) is 9.13. The van der Waals surface area contributed by atoms with Gasteiger partial charge in [-0.2, -0.15) is 13.2 Å². The summed E-state index contributed by atoms with van der Waals surface area (Å²) in [4.78, 5) is 13.1. The maximum Gasteiger partial charge on any atom is 0.416 e. The van der Waals surface area contributed by atoms with Crippen LogP contribution < -0.4 is 4.72 Å². The molecule has 1 fully saturated rings. The zero-order valence-electron chi connectivity index (χ0n) is 13.0. The van der Waals surface area contributed by atoms with E-state index in [4.69, 9.17) is 0 Å². The topological polar surface area (TPSA) is 66.5 Å². The molecule has 0 radical (unpaired) electrons. The van der Waals surface area contributed by atoms with Crippen LogP contribution in [0.15, 0.2) is 29.2 Å².